The summed E-state index contributed by atoms with van der Waals surface area (Å²) in [7, 11) is 1.32. The highest BCUT2D eigenvalue weighted by Gasteiger charge is 2.12. The fourth-order valence-corrected chi connectivity index (χ4v) is 3.14. The van der Waals surface area contributed by atoms with Gasteiger partial charge in [-0.2, -0.15) is 0 Å². The maximum Gasteiger partial charge on any atom is 0.330 e. The number of hydrogen-bond donors (Lipinski definition) is 1. The molecule has 0 radical (unpaired) electrons. The summed E-state index contributed by atoms with van der Waals surface area (Å²) in [6.07, 6.45) is 3.47. The number of aromatic hydroxyl groups is 1. The highest BCUT2D eigenvalue weighted by atomic mass is 35.5. The zero-order chi connectivity index (χ0) is 20.6. The summed E-state index contributed by atoms with van der Waals surface area (Å²) in [6, 6.07) is 9.04. The molecule has 2 aromatic carbocycles. The van der Waals surface area contributed by atoms with Crippen molar-refractivity contribution in [3.8, 4) is 5.75 Å². The van der Waals surface area contributed by atoms with Crippen LogP contribution in [0, 0.1) is 0 Å². The zero-order valence-corrected chi connectivity index (χ0v) is 17.9. The summed E-state index contributed by atoms with van der Waals surface area (Å²) in [6.45, 7) is 8.06. The molecular weight excluding hydrogens is 383 g/mol. The lowest BCUT2D eigenvalue weighted by Crippen LogP contribution is -1.96. The molecule has 5 heteroatoms. The lowest BCUT2D eigenvalue weighted by molar-refractivity contribution is -0.134. The van der Waals surface area contributed by atoms with Crippen molar-refractivity contribution in [2.24, 2.45) is 0 Å². The van der Waals surface area contributed by atoms with Gasteiger partial charge in [-0.15, -0.1) is 0 Å². The second-order valence-corrected chi connectivity index (χ2v) is 6.86. The first-order valence-corrected chi connectivity index (χ1v) is 9.63. The Kier molecular flexibility index (Phi) is 9.40. The summed E-state index contributed by atoms with van der Waals surface area (Å²) in [5, 5.41) is 11.0. The SMILES string of the molecule is CC.COC(=O)/C=C/c1cc(Cl)c(Cc2ccc(O)c(C(C)C)c2)c(Cl)c1. The van der Waals surface area contributed by atoms with Gasteiger partial charge in [0.25, 0.3) is 0 Å². The van der Waals surface area contributed by atoms with Crippen molar-refractivity contribution in [1.82, 2.24) is 0 Å². The minimum Gasteiger partial charge on any atom is -0.508 e. The van der Waals surface area contributed by atoms with Crippen LogP contribution in [0.4, 0.5) is 0 Å². The lowest BCUT2D eigenvalue weighted by atomic mass is 9.96. The Balaban J connectivity index is 0.00000176. The van der Waals surface area contributed by atoms with Crippen molar-refractivity contribution in [2.45, 2.75) is 40.0 Å². The van der Waals surface area contributed by atoms with Gasteiger partial charge in [0.15, 0.2) is 0 Å². The quantitative estimate of drug-likeness (QED) is 0.446. The maximum atomic E-state index is 11.2. The lowest BCUT2D eigenvalue weighted by Gasteiger charge is -2.13. The molecule has 0 bridgehead atoms. The third kappa shape index (κ3) is 6.60. The highest BCUT2D eigenvalue weighted by molar-refractivity contribution is 6.36. The number of halogens is 2. The molecule has 0 aliphatic carbocycles. The molecule has 0 aliphatic rings. The van der Waals surface area contributed by atoms with Gasteiger partial charge in [-0.3, -0.25) is 0 Å². The predicted molar refractivity (Wildman–Crippen MR) is 114 cm³/mol. The molecule has 0 amide bonds. The summed E-state index contributed by atoms with van der Waals surface area (Å²) >= 11 is 12.8. The molecular formula is C22H26Cl2O3. The van der Waals surface area contributed by atoms with Gasteiger partial charge in [-0.1, -0.05) is 63.0 Å². The average Bonchev–Trinajstić information content (AvgIpc) is 2.65. The standard InChI is InChI=1S/C20H20Cl2O3.C2H6/c1-12(2)15-8-13(4-6-19(15)23)9-16-17(21)10-14(11-18(16)22)5-7-20(24)25-3;1-2/h4-8,10-12,23H,9H2,1-3H3;1-2H3/b7-5+;. The third-order valence-electron chi connectivity index (χ3n) is 3.87. The Bertz CT molecular complexity index is 788. The fraction of sp³-hybridized carbons (Fsp3) is 0.318. The molecule has 0 spiro atoms. The zero-order valence-electron chi connectivity index (χ0n) is 16.3. The summed E-state index contributed by atoms with van der Waals surface area (Å²) in [5.41, 5.74) is 3.43. The number of carbonyl (C=O) groups is 1. The van der Waals surface area contributed by atoms with Crippen LogP contribution >= 0.6 is 23.2 Å². The first-order chi connectivity index (χ1) is 12.8. The number of hydrogen-bond acceptors (Lipinski definition) is 3. The number of phenols is 1. The maximum absolute atomic E-state index is 11.2. The second kappa shape index (κ2) is 11.0. The molecule has 1 N–H and O–H groups in total. The monoisotopic (exact) mass is 408 g/mol. The predicted octanol–water partition coefficient (Wildman–Crippen LogP) is 6.63. The van der Waals surface area contributed by atoms with Crippen LogP contribution in [0.1, 0.15) is 55.9 Å². The van der Waals surface area contributed by atoms with Gasteiger partial charge in [-0.05, 0) is 52.4 Å². The molecule has 2 aromatic rings. The Morgan fingerprint density at radius 1 is 1.15 bits per heavy atom. The van der Waals surface area contributed by atoms with Gasteiger partial charge in [-0.25, -0.2) is 4.79 Å². The van der Waals surface area contributed by atoms with Crippen molar-refractivity contribution in [2.75, 3.05) is 7.11 Å². The number of benzene rings is 2. The van der Waals surface area contributed by atoms with E-state index < -0.39 is 5.97 Å². The van der Waals surface area contributed by atoms with E-state index in [-0.39, 0.29) is 5.92 Å². The topological polar surface area (TPSA) is 46.5 Å². The van der Waals surface area contributed by atoms with E-state index in [4.69, 9.17) is 23.2 Å². The van der Waals surface area contributed by atoms with E-state index in [1.54, 1.807) is 24.3 Å². The molecule has 0 aromatic heterocycles. The van der Waals surface area contributed by atoms with Crippen LogP contribution in [0.3, 0.4) is 0 Å². The van der Waals surface area contributed by atoms with Crippen molar-refractivity contribution in [1.29, 1.82) is 0 Å². The number of esters is 1. The van der Waals surface area contributed by atoms with Gasteiger partial charge in [0.05, 0.1) is 7.11 Å². The first-order valence-electron chi connectivity index (χ1n) is 8.87. The van der Waals surface area contributed by atoms with Gasteiger partial charge in [0.1, 0.15) is 5.75 Å². The largest absolute Gasteiger partial charge is 0.508 e. The van der Waals surface area contributed by atoms with E-state index >= 15 is 0 Å². The Hall–Kier alpha value is -1.97. The smallest absolute Gasteiger partial charge is 0.330 e. The average molecular weight is 409 g/mol. The van der Waals surface area contributed by atoms with E-state index in [0.29, 0.717) is 22.2 Å². The minimum atomic E-state index is -0.443. The van der Waals surface area contributed by atoms with E-state index in [9.17, 15) is 9.90 Å². The van der Waals surface area contributed by atoms with E-state index in [1.807, 2.05) is 39.8 Å². The van der Waals surface area contributed by atoms with E-state index in [0.717, 1.165) is 22.3 Å². The van der Waals surface area contributed by atoms with Crippen LogP contribution in [0.5, 0.6) is 5.75 Å². The normalized spacial score (nSPS) is 10.7. The molecule has 146 valence electrons. The molecule has 3 nitrogen and oxygen atoms in total. The molecule has 27 heavy (non-hydrogen) atoms. The molecule has 0 aliphatic heterocycles. The number of carbonyl (C=O) groups excluding carboxylic acids is 1. The minimum absolute atomic E-state index is 0.219. The van der Waals surface area contributed by atoms with Crippen LogP contribution in [0.25, 0.3) is 6.08 Å². The van der Waals surface area contributed by atoms with Crippen LogP contribution < -0.4 is 0 Å². The number of phenolic OH excluding ortho intramolecular Hbond substituents is 1. The summed E-state index contributed by atoms with van der Waals surface area (Å²) < 4.78 is 4.56. The highest BCUT2D eigenvalue weighted by Crippen LogP contribution is 2.32. The van der Waals surface area contributed by atoms with Crippen LogP contribution in [-0.2, 0) is 16.0 Å². The van der Waals surface area contributed by atoms with Crippen LogP contribution in [-0.4, -0.2) is 18.2 Å². The third-order valence-corrected chi connectivity index (χ3v) is 4.55. The van der Waals surface area contributed by atoms with Crippen molar-refractivity contribution in [3.63, 3.8) is 0 Å². The van der Waals surface area contributed by atoms with Crippen LogP contribution in [0.2, 0.25) is 10.0 Å². The molecule has 0 fully saturated rings. The molecule has 0 heterocycles. The van der Waals surface area contributed by atoms with Crippen molar-refractivity contribution >= 4 is 35.2 Å². The van der Waals surface area contributed by atoms with Gasteiger partial charge >= 0.3 is 5.97 Å². The second-order valence-electron chi connectivity index (χ2n) is 6.04. The van der Waals surface area contributed by atoms with E-state index in [1.165, 1.54) is 13.2 Å². The first kappa shape index (κ1) is 23.1. The number of ether oxygens (including phenoxy) is 1. The Labute approximate surface area is 171 Å². The van der Waals surface area contributed by atoms with Crippen LogP contribution in [0.15, 0.2) is 36.4 Å². The Morgan fingerprint density at radius 3 is 2.26 bits per heavy atom. The number of rotatable bonds is 5. The summed E-state index contributed by atoms with van der Waals surface area (Å²) in [5.74, 6) is 0.0672. The number of methoxy groups -OCH3 is 1. The van der Waals surface area contributed by atoms with Crippen molar-refractivity contribution in [3.05, 3.63) is 68.7 Å². The molecule has 0 saturated heterocycles. The summed E-state index contributed by atoms with van der Waals surface area (Å²) in [4.78, 5) is 11.2. The Morgan fingerprint density at radius 2 is 1.74 bits per heavy atom. The molecule has 0 atom stereocenters. The molecule has 0 saturated carbocycles. The molecule has 2 rings (SSSR count). The molecule has 0 unspecified atom stereocenters. The van der Waals surface area contributed by atoms with Gasteiger partial charge in [0.2, 0.25) is 0 Å². The van der Waals surface area contributed by atoms with E-state index in [2.05, 4.69) is 4.74 Å². The van der Waals surface area contributed by atoms with Gasteiger partial charge in [0, 0.05) is 22.5 Å². The van der Waals surface area contributed by atoms with Crippen molar-refractivity contribution < 1.29 is 14.6 Å². The fourth-order valence-electron chi connectivity index (χ4n) is 2.50. The van der Waals surface area contributed by atoms with Gasteiger partial charge < -0.3 is 9.84 Å².